The topological polar surface area (TPSA) is 68.3 Å². The molecule has 0 aromatic heterocycles. The normalized spacial score (nSPS) is 21.0. The van der Waals surface area contributed by atoms with Crippen LogP contribution >= 0.6 is 0 Å². The number of hydrogen-bond donors (Lipinski definition) is 2. The third-order valence-corrected chi connectivity index (χ3v) is 3.73. The summed E-state index contributed by atoms with van der Waals surface area (Å²) in [6, 6.07) is 8.08. The highest BCUT2D eigenvalue weighted by atomic mass is 15.3. The molecule has 5 heteroatoms. The minimum Gasteiger partial charge on any atom is -0.396 e. The van der Waals surface area contributed by atoms with Gasteiger partial charge in [-0.1, -0.05) is 6.07 Å². The molecule has 1 aromatic carbocycles. The Labute approximate surface area is 114 Å². The molecule has 1 aromatic rings. The van der Waals surface area contributed by atoms with E-state index in [-0.39, 0.29) is 0 Å². The average Bonchev–Trinajstić information content (AvgIpc) is 2.41. The first kappa shape index (κ1) is 13.7. The van der Waals surface area contributed by atoms with Crippen molar-refractivity contribution in [2.75, 3.05) is 51.3 Å². The zero-order chi connectivity index (χ0) is 13.8. The van der Waals surface area contributed by atoms with Crippen LogP contribution in [0.4, 0.5) is 11.4 Å². The van der Waals surface area contributed by atoms with Gasteiger partial charge < -0.3 is 16.0 Å². The van der Waals surface area contributed by atoms with E-state index in [9.17, 15) is 0 Å². The number of likely N-dealkylation sites (N-methyl/N-ethyl adjacent to an activating group) is 2. The summed E-state index contributed by atoms with van der Waals surface area (Å²) in [4.78, 5) is 4.69. The molecule has 1 saturated heterocycles. The molecule has 1 heterocycles. The summed E-state index contributed by atoms with van der Waals surface area (Å²) in [6.45, 7) is 4.07. The fraction of sp³-hybridized carbons (Fsp3) is 0.500. The van der Waals surface area contributed by atoms with Gasteiger partial charge in [-0.15, -0.1) is 0 Å². The van der Waals surface area contributed by atoms with Crippen molar-refractivity contribution in [1.82, 2.24) is 9.80 Å². The molecule has 1 atom stereocenters. The Balaban J connectivity index is 2.01. The van der Waals surface area contributed by atoms with Crippen molar-refractivity contribution in [3.8, 4) is 6.07 Å². The van der Waals surface area contributed by atoms with E-state index in [1.54, 1.807) is 6.07 Å². The van der Waals surface area contributed by atoms with Gasteiger partial charge in [-0.05, 0) is 26.2 Å². The van der Waals surface area contributed by atoms with Crippen LogP contribution in [0.5, 0.6) is 0 Å². The fourth-order valence-corrected chi connectivity index (χ4v) is 2.37. The van der Waals surface area contributed by atoms with E-state index in [2.05, 4.69) is 35.3 Å². The summed E-state index contributed by atoms with van der Waals surface area (Å²) < 4.78 is 0. The van der Waals surface area contributed by atoms with Crippen LogP contribution < -0.4 is 11.1 Å². The highest BCUT2D eigenvalue weighted by Gasteiger charge is 2.21. The maximum absolute atomic E-state index is 8.96. The molecule has 0 saturated carbocycles. The van der Waals surface area contributed by atoms with Crippen LogP contribution in [0, 0.1) is 11.3 Å². The molecule has 0 radical (unpaired) electrons. The molecule has 0 aliphatic carbocycles. The quantitative estimate of drug-likeness (QED) is 0.786. The second-order valence-corrected chi connectivity index (χ2v) is 5.16. The third kappa shape index (κ3) is 3.16. The van der Waals surface area contributed by atoms with Gasteiger partial charge in [0, 0.05) is 32.2 Å². The van der Waals surface area contributed by atoms with Gasteiger partial charge >= 0.3 is 0 Å². The molecule has 2 rings (SSSR count). The van der Waals surface area contributed by atoms with E-state index in [1.807, 2.05) is 12.1 Å². The maximum atomic E-state index is 8.96. The maximum Gasteiger partial charge on any atom is 0.101 e. The molecule has 0 amide bonds. The summed E-state index contributed by atoms with van der Waals surface area (Å²) in [7, 11) is 4.29. The van der Waals surface area contributed by atoms with Gasteiger partial charge in [-0.3, -0.25) is 4.90 Å². The van der Waals surface area contributed by atoms with E-state index in [4.69, 9.17) is 11.0 Å². The Hall–Kier alpha value is -1.77. The van der Waals surface area contributed by atoms with Gasteiger partial charge in [0.1, 0.15) is 6.07 Å². The van der Waals surface area contributed by atoms with Crippen LogP contribution in [-0.2, 0) is 0 Å². The number of piperazine rings is 1. The smallest absolute Gasteiger partial charge is 0.101 e. The van der Waals surface area contributed by atoms with E-state index in [0.29, 0.717) is 17.3 Å². The van der Waals surface area contributed by atoms with Crippen molar-refractivity contribution >= 4 is 11.4 Å². The molecular weight excluding hydrogens is 238 g/mol. The number of nitrogens with zero attached hydrogens (tertiary/aromatic N) is 3. The second-order valence-electron chi connectivity index (χ2n) is 5.16. The Morgan fingerprint density at radius 2 is 2.21 bits per heavy atom. The number of nitrogens with one attached hydrogen (secondary N) is 1. The molecule has 3 N–H and O–H groups in total. The van der Waals surface area contributed by atoms with Crippen LogP contribution in [0.2, 0.25) is 0 Å². The minimum atomic E-state index is 0.462. The minimum absolute atomic E-state index is 0.462. The molecule has 1 aliphatic heterocycles. The Kier molecular flexibility index (Phi) is 4.25. The lowest BCUT2D eigenvalue weighted by Gasteiger charge is -2.38. The van der Waals surface area contributed by atoms with Crippen molar-refractivity contribution in [1.29, 1.82) is 5.26 Å². The number of anilines is 2. The fourth-order valence-electron chi connectivity index (χ4n) is 2.37. The molecule has 1 unspecified atom stereocenters. The number of hydrogen-bond acceptors (Lipinski definition) is 5. The number of nitrogens with two attached hydrogens (primary N) is 1. The largest absolute Gasteiger partial charge is 0.396 e. The molecule has 1 aliphatic rings. The molecule has 19 heavy (non-hydrogen) atoms. The lowest BCUT2D eigenvalue weighted by atomic mass is 10.1. The highest BCUT2D eigenvalue weighted by molar-refractivity contribution is 5.72. The van der Waals surface area contributed by atoms with Crippen molar-refractivity contribution in [2.45, 2.75) is 6.04 Å². The summed E-state index contributed by atoms with van der Waals surface area (Å²) in [5.41, 5.74) is 7.88. The molecular formula is C14H21N5. The number of para-hydroxylation sites is 1. The summed E-state index contributed by atoms with van der Waals surface area (Å²) in [5, 5.41) is 12.3. The number of nitrogen functional groups attached to an aromatic ring is 1. The van der Waals surface area contributed by atoms with E-state index >= 15 is 0 Å². The predicted molar refractivity (Wildman–Crippen MR) is 78.0 cm³/mol. The monoisotopic (exact) mass is 259 g/mol. The lowest BCUT2D eigenvalue weighted by molar-refractivity contribution is 0.122. The third-order valence-electron chi connectivity index (χ3n) is 3.73. The van der Waals surface area contributed by atoms with Gasteiger partial charge in [0.25, 0.3) is 0 Å². The van der Waals surface area contributed by atoms with Crippen LogP contribution in [0.3, 0.4) is 0 Å². The van der Waals surface area contributed by atoms with Crippen molar-refractivity contribution in [3.63, 3.8) is 0 Å². The Bertz CT molecular complexity index is 479. The van der Waals surface area contributed by atoms with Crippen molar-refractivity contribution < 1.29 is 0 Å². The highest BCUT2D eigenvalue weighted by Crippen LogP contribution is 2.22. The van der Waals surface area contributed by atoms with Crippen LogP contribution in [0.25, 0.3) is 0 Å². The number of nitriles is 1. The Morgan fingerprint density at radius 1 is 1.42 bits per heavy atom. The molecule has 1 fully saturated rings. The van der Waals surface area contributed by atoms with Crippen molar-refractivity contribution in [2.24, 2.45) is 0 Å². The van der Waals surface area contributed by atoms with E-state index in [0.717, 1.165) is 31.9 Å². The van der Waals surface area contributed by atoms with Gasteiger partial charge in [0.05, 0.1) is 16.9 Å². The van der Waals surface area contributed by atoms with Crippen LogP contribution in [0.15, 0.2) is 18.2 Å². The molecule has 5 nitrogen and oxygen atoms in total. The van der Waals surface area contributed by atoms with Gasteiger partial charge in [0.15, 0.2) is 0 Å². The second kappa shape index (κ2) is 5.91. The standard InChI is InChI=1S/C14H21N5/c1-18-6-7-19(2)12(10-18)9-17-13-5-3-4-11(8-15)14(13)16/h3-5,12,17H,6-7,9-10,16H2,1-2H3. The first-order valence-electron chi connectivity index (χ1n) is 6.53. The van der Waals surface area contributed by atoms with Gasteiger partial charge in [-0.25, -0.2) is 0 Å². The average molecular weight is 259 g/mol. The zero-order valence-electron chi connectivity index (χ0n) is 11.6. The van der Waals surface area contributed by atoms with Gasteiger partial charge in [0.2, 0.25) is 0 Å². The predicted octanol–water partition coefficient (Wildman–Crippen LogP) is 0.798. The Morgan fingerprint density at radius 3 is 2.95 bits per heavy atom. The molecule has 0 spiro atoms. The van der Waals surface area contributed by atoms with Crippen LogP contribution in [-0.4, -0.2) is 56.1 Å². The SMILES string of the molecule is CN1CCN(C)C(CNc2cccc(C#N)c2N)C1. The van der Waals surface area contributed by atoms with E-state index < -0.39 is 0 Å². The van der Waals surface area contributed by atoms with Crippen LogP contribution in [0.1, 0.15) is 5.56 Å². The summed E-state index contributed by atoms with van der Waals surface area (Å²) in [5.74, 6) is 0. The first-order valence-corrected chi connectivity index (χ1v) is 6.53. The summed E-state index contributed by atoms with van der Waals surface area (Å²) >= 11 is 0. The number of benzene rings is 1. The molecule has 102 valence electrons. The zero-order valence-corrected chi connectivity index (χ0v) is 11.6. The first-order chi connectivity index (χ1) is 9.11. The molecule has 0 bridgehead atoms. The van der Waals surface area contributed by atoms with Crippen molar-refractivity contribution in [3.05, 3.63) is 23.8 Å². The number of rotatable bonds is 3. The lowest BCUT2D eigenvalue weighted by Crippen LogP contribution is -2.52. The van der Waals surface area contributed by atoms with Gasteiger partial charge in [-0.2, -0.15) is 5.26 Å². The van der Waals surface area contributed by atoms with E-state index in [1.165, 1.54) is 0 Å². The summed E-state index contributed by atoms with van der Waals surface area (Å²) in [6.07, 6.45) is 0.